The average molecular weight is 573 g/mol. The zero-order valence-electron chi connectivity index (χ0n) is 26.0. The van der Waals surface area contributed by atoms with Gasteiger partial charge in [0.1, 0.15) is 11.6 Å². The number of carbonyl (C=O) groups excluding carboxylic acids is 3. The number of hydrogen-bond acceptors (Lipinski definition) is 6. The van der Waals surface area contributed by atoms with Gasteiger partial charge in [-0.2, -0.15) is 0 Å². The van der Waals surface area contributed by atoms with Crippen LogP contribution in [0.15, 0.2) is 23.9 Å². The van der Waals surface area contributed by atoms with Gasteiger partial charge in [0.05, 0.1) is 17.6 Å². The fourth-order valence-corrected chi connectivity index (χ4v) is 6.85. The number of rotatable bonds is 9. The molecule has 11 heteroatoms. The van der Waals surface area contributed by atoms with E-state index in [9.17, 15) is 14.4 Å². The summed E-state index contributed by atoms with van der Waals surface area (Å²) in [5, 5.41) is 11.3. The Balaban J connectivity index is 1.44. The molecule has 0 aromatic heterocycles. The highest BCUT2D eigenvalue weighted by molar-refractivity contribution is 6.48. The van der Waals surface area contributed by atoms with E-state index < -0.39 is 48.3 Å². The molecule has 3 saturated carbocycles. The number of ether oxygens (including phenoxy) is 1. The van der Waals surface area contributed by atoms with Gasteiger partial charge in [0.2, 0.25) is 5.91 Å². The Hall–Kier alpha value is -2.53. The van der Waals surface area contributed by atoms with Crippen molar-refractivity contribution < 1.29 is 28.4 Å². The van der Waals surface area contributed by atoms with Gasteiger partial charge >= 0.3 is 19.2 Å². The highest BCUT2D eigenvalue weighted by atomic mass is 16.7. The first kappa shape index (κ1) is 31.4. The van der Waals surface area contributed by atoms with Gasteiger partial charge in [-0.15, -0.1) is 0 Å². The van der Waals surface area contributed by atoms with Crippen LogP contribution in [0.25, 0.3) is 0 Å². The molecule has 4 aliphatic carbocycles. The second-order valence-electron chi connectivity index (χ2n) is 14.3. The molecule has 0 aromatic rings. The maximum Gasteiger partial charge on any atom is 0.481 e. The van der Waals surface area contributed by atoms with Crippen LogP contribution >= 0.6 is 0 Å². The molecule has 0 radical (unpaired) electrons. The van der Waals surface area contributed by atoms with E-state index in [0.717, 1.165) is 31.4 Å². The molecule has 41 heavy (non-hydrogen) atoms. The fraction of sp³-hybridized carbons (Fsp3) is 0.767. The molecule has 228 valence electrons. The lowest BCUT2D eigenvalue weighted by Crippen LogP contribution is -2.65. The van der Waals surface area contributed by atoms with E-state index in [1.807, 2.05) is 18.2 Å². The fourth-order valence-electron chi connectivity index (χ4n) is 6.85. The van der Waals surface area contributed by atoms with E-state index in [1.165, 1.54) is 0 Å². The Labute approximate surface area is 245 Å². The van der Waals surface area contributed by atoms with Crippen LogP contribution in [0.2, 0.25) is 0 Å². The van der Waals surface area contributed by atoms with E-state index in [1.54, 1.807) is 20.8 Å². The average Bonchev–Trinajstić information content (AvgIpc) is 3.22. The number of nitrogens with one attached hydrogen (secondary N) is 4. The number of alkyl carbamates (subject to hydrolysis) is 1. The van der Waals surface area contributed by atoms with Gasteiger partial charge in [0, 0.05) is 12.2 Å². The van der Waals surface area contributed by atoms with Crippen LogP contribution < -0.4 is 21.3 Å². The molecule has 5 rings (SSSR count). The van der Waals surface area contributed by atoms with Crippen LogP contribution in [0.4, 0.5) is 9.59 Å². The summed E-state index contributed by atoms with van der Waals surface area (Å²) in [7, 11) is -0.601. The van der Waals surface area contributed by atoms with Gasteiger partial charge in [0.25, 0.3) is 0 Å². The number of hydrogen-bond donors (Lipinski definition) is 4. The summed E-state index contributed by atoms with van der Waals surface area (Å²) < 4.78 is 18.6. The highest BCUT2D eigenvalue weighted by Crippen LogP contribution is 2.65. The number of amides is 4. The van der Waals surface area contributed by atoms with Crippen LogP contribution in [0.1, 0.15) is 87.5 Å². The van der Waals surface area contributed by atoms with Crippen LogP contribution in [-0.4, -0.2) is 61.0 Å². The standard InChI is InChI=1S/C30H49BN4O6/c1-18(2)14-24(31-40-23-16-19-15-22(29(19,6)7)30(23,8)41-31)35-25(36)21(34-27(38)39-28(3,4)5)17-32-26(37)33-20-12-10-9-11-13-20/h9-10,12,18-19,21-24H,11,13-17H2,1-8H3,(H,34,38)(H,35,36)(H2,32,33,37)/t19-,21-,22-,23+,24-,30-/m0/s1. The van der Waals surface area contributed by atoms with Crippen LogP contribution in [-0.2, 0) is 18.8 Å². The number of carbonyl (C=O) groups is 3. The molecule has 10 nitrogen and oxygen atoms in total. The van der Waals surface area contributed by atoms with E-state index in [0.29, 0.717) is 18.3 Å². The lowest BCUT2D eigenvalue weighted by Gasteiger charge is -2.64. The molecular formula is C30H49BN4O6. The van der Waals surface area contributed by atoms with Crippen molar-refractivity contribution in [3.8, 4) is 0 Å². The van der Waals surface area contributed by atoms with Gasteiger partial charge in [-0.25, -0.2) is 9.59 Å². The molecule has 0 unspecified atom stereocenters. The summed E-state index contributed by atoms with van der Waals surface area (Å²) in [6.45, 7) is 16.1. The molecular weight excluding hydrogens is 523 g/mol. The lowest BCUT2D eigenvalue weighted by molar-refractivity contribution is -0.199. The summed E-state index contributed by atoms with van der Waals surface area (Å²) in [4.78, 5) is 38.9. The minimum absolute atomic E-state index is 0.0131. The molecule has 4 N–H and O–H groups in total. The summed E-state index contributed by atoms with van der Waals surface area (Å²) in [6.07, 6.45) is 9.29. The van der Waals surface area contributed by atoms with Crippen molar-refractivity contribution >= 4 is 25.1 Å². The normalized spacial score (nSPS) is 29.4. The Morgan fingerprint density at radius 3 is 2.49 bits per heavy atom. The van der Waals surface area contributed by atoms with Crippen LogP contribution in [0.5, 0.6) is 0 Å². The Morgan fingerprint density at radius 2 is 1.88 bits per heavy atom. The van der Waals surface area contributed by atoms with E-state index in [-0.39, 0.29) is 24.0 Å². The van der Waals surface area contributed by atoms with E-state index >= 15 is 0 Å². The Bertz CT molecular complexity index is 1070. The van der Waals surface area contributed by atoms with Crippen molar-refractivity contribution in [1.29, 1.82) is 0 Å². The van der Waals surface area contributed by atoms with Crippen molar-refractivity contribution in [3.63, 3.8) is 0 Å². The monoisotopic (exact) mass is 572 g/mol. The smallest absolute Gasteiger partial charge is 0.444 e. The highest BCUT2D eigenvalue weighted by Gasteiger charge is 2.68. The Morgan fingerprint density at radius 1 is 1.15 bits per heavy atom. The topological polar surface area (TPSA) is 127 Å². The van der Waals surface area contributed by atoms with Crippen molar-refractivity contribution in [2.45, 2.75) is 117 Å². The van der Waals surface area contributed by atoms with Gasteiger partial charge in [0.15, 0.2) is 0 Å². The molecule has 1 heterocycles. The number of allylic oxidation sites excluding steroid dienone is 4. The molecule has 2 bridgehead atoms. The van der Waals surface area contributed by atoms with Crippen molar-refractivity contribution in [2.75, 3.05) is 6.54 Å². The molecule has 4 fully saturated rings. The van der Waals surface area contributed by atoms with Crippen molar-refractivity contribution in [2.24, 2.45) is 23.2 Å². The third kappa shape index (κ3) is 7.28. The second-order valence-corrected chi connectivity index (χ2v) is 14.3. The van der Waals surface area contributed by atoms with Gasteiger partial charge in [-0.3, -0.25) is 4.79 Å². The molecule has 4 amide bonds. The zero-order chi connectivity index (χ0) is 30.2. The first-order chi connectivity index (χ1) is 19.1. The summed E-state index contributed by atoms with van der Waals surface area (Å²) in [6, 6.07) is -1.52. The van der Waals surface area contributed by atoms with Crippen molar-refractivity contribution in [3.05, 3.63) is 23.9 Å². The number of urea groups is 1. The summed E-state index contributed by atoms with van der Waals surface area (Å²) in [5.41, 5.74) is -0.156. The van der Waals surface area contributed by atoms with E-state index in [2.05, 4.69) is 55.9 Å². The molecule has 1 aliphatic heterocycles. The minimum Gasteiger partial charge on any atom is -0.444 e. The molecule has 5 aliphatic rings. The maximum absolute atomic E-state index is 13.7. The maximum atomic E-state index is 13.7. The van der Waals surface area contributed by atoms with Crippen LogP contribution in [0.3, 0.4) is 0 Å². The summed E-state index contributed by atoms with van der Waals surface area (Å²) >= 11 is 0. The first-order valence-corrected chi connectivity index (χ1v) is 15.1. The quantitative estimate of drug-likeness (QED) is 0.307. The largest absolute Gasteiger partial charge is 0.481 e. The summed E-state index contributed by atoms with van der Waals surface area (Å²) in [5.74, 6) is 0.399. The van der Waals surface area contributed by atoms with Gasteiger partial charge in [-0.05, 0) is 89.0 Å². The minimum atomic E-state index is -1.07. The molecule has 0 aromatic carbocycles. The predicted molar refractivity (Wildman–Crippen MR) is 158 cm³/mol. The predicted octanol–water partition coefficient (Wildman–Crippen LogP) is 4.21. The molecule has 6 atom stereocenters. The zero-order valence-corrected chi connectivity index (χ0v) is 26.0. The molecule has 0 spiro atoms. The SMILES string of the molecule is CC(C)C[C@H](NC(=O)[C@H](CNC(=O)NC1=CC=CCC1)NC(=O)OC(C)(C)C)B1O[C@@H]2C[C@@H]3C[C@@H](C3(C)C)[C@]2(C)O1. The Kier molecular flexibility index (Phi) is 9.19. The molecule has 1 saturated heterocycles. The third-order valence-corrected chi connectivity index (χ3v) is 9.11. The second kappa shape index (κ2) is 12.0. The lowest BCUT2D eigenvalue weighted by atomic mass is 9.43. The van der Waals surface area contributed by atoms with Crippen molar-refractivity contribution in [1.82, 2.24) is 21.3 Å². The van der Waals surface area contributed by atoms with E-state index in [4.69, 9.17) is 14.0 Å². The first-order valence-electron chi connectivity index (χ1n) is 15.1. The van der Waals surface area contributed by atoms with Crippen LogP contribution in [0, 0.1) is 23.2 Å². The third-order valence-electron chi connectivity index (χ3n) is 9.11. The van der Waals surface area contributed by atoms with Gasteiger partial charge in [-0.1, -0.05) is 39.8 Å². The van der Waals surface area contributed by atoms with Gasteiger partial charge < -0.3 is 35.3 Å².